The van der Waals surface area contributed by atoms with Crippen molar-refractivity contribution in [3.8, 4) is 0 Å². The van der Waals surface area contributed by atoms with Crippen LogP contribution in [0.1, 0.15) is 30.5 Å². The van der Waals surface area contributed by atoms with Crippen LogP contribution in [0.4, 0.5) is 0 Å². The maximum atomic E-state index is 5.68. The molecule has 0 saturated carbocycles. The standard InChI is InChI=1S/C13H21BrN2O/c1-9(6-7-17-3)13(16-15)12-5-4-11(14)8-10(12)2/h4-5,8-9,13,16H,6-7,15H2,1-3H3. The molecule has 4 heteroatoms. The van der Waals surface area contributed by atoms with Gasteiger partial charge in [0.2, 0.25) is 0 Å². The van der Waals surface area contributed by atoms with Crippen molar-refractivity contribution in [1.82, 2.24) is 5.43 Å². The summed E-state index contributed by atoms with van der Waals surface area (Å²) in [6.07, 6.45) is 0.987. The summed E-state index contributed by atoms with van der Waals surface area (Å²) in [5, 5.41) is 0. The molecule has 2 unspecified atom stereocenters. The Morgan fingerprint density at radius 1 is 1.47 bits per heavy atom. The van der Waals surface area contributed by atoms with Crippen LogP contribution in [0.3, 0.4) is 0 Å². The molecule has 0 aliphatic rings. The predicted octanol–water partition coefficient (Wildman–Crippen LogP) is 2.93. The van der Waals surface area contributed by atoms with Crippen LogP contribution < -0.4 is 11.3 Å². The minimum absolute atomic E-state index is 0.165. The number of hydrogen-bond donors (Lipinski definition) is 2. The number of ether oxygens (including phenoxy) is 1. The van der Waals surface area contributed by atoms with Crippen LogP contribution in [0.5, 0.6) is 0 Å². The highest BCUT2D eigenvalue weighted by Gasteiger charge is 2.19. The van der Waals surface area contributed by atoms with E-state index >= 15 is 0 Å². The summed E-state index contributed by atoms with van der Waals surface area (Å²) in [5.41, 5.74) is 5.41. The summed E-state index contributed by atoms with van der Waals surface area (Å²) in [6, 6.07) is 6.45. The number of methoxy groups -OCH3 is 1. The van der Waals surface area contributed by atoms with Crippen molar-refractivity contribution in [1.29, 1.82) is 0 Å². The fourth-order valence-electron chi connectivity index (χ4n) is 2.02. The second-order valence-electron chi connectivity index (χ2n) is 4.40. The van der Waals surface area contributed by atoms with Crippen molar-refractivity contribution in [3.05, 3.63) is 33.8 Å². The van der Waals surface area contributed by atoms with Crippen molar-refractivity contribution < 1.29 is 4.74 Å². The van der Waals surface area contributed by atoms with Gasteiger partial charge in [0.15, 0.2) is 0 Å². The van der Waals surface area contributed by atoms with Gasteiger partial charge in [-0.3, -0.25) is 11.3 Å². The van der Waals surface area contributed by atoms with Crippen molar-refractivity contribution in [3.63, 3.8) is 0 Å². The summed E-state index contributed by atoms with van der Waals surface area (Å²) < 4.78 is 6.21. The van der Waals surface area contributed by atoms with Gasteiger partial charge in [0.1, 0.15) is 0 Å². The van der Waals surface area contributed by atoms with Gasteiger partial charge < -0.3 is 4.74 Å². The number of hydrogen-bond acceptors (Lipinski definition) is 3. The third-order valence-corrected chi connectivity index (χ3v) is 3.59. The molecule has 0 spiro atoms. The maximum Gasteiger partial charge on any atom is 0.0488 e. The van der Waals surface area contributed by atoms with E-state index in [1.807, 2.05) is 0 Å². The molecule has 2 atom stereocenters. The Morgan fingerprint density at radius 2 is 2.18 bits per heavy atom. The largest absolute Gasteiger partial charge is 0.385 e. The molecule has 96 valence electrons. The quantitative estimate of drug-likeness (QED) is 0.627. The molecule has 0 aromatic heterocycles. The fourth-order valence-corrected chi connectivity index (χ4v) is 2.49. The van der Waals surface area contributed by atoms with Crippen LogP contribution in [0.2, 0.25) is 0 Å². The molecule has 0 radical (unpaired) electrons. The van der Waals surface area contributed by atoms with Gasteiger partial charge in [0, 0.05) is 24.2 Å². The highest BCUT2D eigenvalue weighted by molar-refractivity contribution is 9.10. The molecule has 17 heavy (non-hydrogen) atoms. The average Bonchev–Trinajstić information content (AvgIpc) is 2.30. The van der Waals surface area contributed by atoms with E-state index < -0.39 is 0 Å². The molecule has 0 aliphatic heterocycles. The van der Waals surface area contributed by atoms with Crippen LogP contribution in [-0.4, -0.2) is 13.7 Å². The minimum atomic E-state index is 0.165. The van der Waals surface area contributed by atoms with Gasteiger partial charge in [-0.1, -0.05) is 28.9 Å². The summed E-state index contributed by atoms with van der Waals surface area (Å²) in [5.74, 6) is 6.11. The zero-order valence-electron chi connectivity index (χ0n) is 10.7. The van der Waals surface area contributed by atoms with Crippen LogP contribution in [0, 0.1) is 12.8 Å². The first kappa shape index (κ1) is 14.6. The molecule has 0 aliphatic carbocycles. The van der Waals surface area contributed by atoms with Gasteiger partial charge in [-0.05, 0) is 42.5 Å². The molecule has 3 nitrogen and oxygen atoms in total. The normalized spacial score (nSPS) is 14.6. The summed E-state index contributed by atoms with van der Waals surface area (Å²) in [7, 11) is 1.72. The Balaban J connectivity index is 2.85. The molecule has 0 bridgehead atoms. The summed E-state index contributed by atoms with van der Waals surface area (Å²) in [6.45, 7) is 5.05. The van der Waals surface area contributed by atoms with E-state index in [2.05, 4.69) is 53.4 Å². The molecular weight excluding hydrogens is 280 g/mol. The van der Waals surface area contributed by atoms with Gasteiger partial charge in [-0.2, -0.15) is 0 Å². The van der Waals surface area contributed by atoms with Crippen molar-refractivity contribution in [2.24, 2.45) is 11.8 Å². The Morgan fingerprint density at radius 3 is 2.71 bits per heavy atom. The maximum absolute atomic E-state index is 5.68. The Kier molecular flexibility index (Phi) is 6.12. The average molecular weight is 301 g/mol. The van der Waals surface area contributed by atoms with E-state index in [0.717, 1.165) is 17.5 Å². The van der Waals surface area contributed by atoms with Gasteiger partial charge in [-0.15, -0.1) is 0 Å². The lowest BCUT2D eigenvalue weighted by Gasteiger charge is -2.25. The Hall–Kier alpha value is -0.420. The first-order valence-corrected chi connectivity index (χ1v) is 6.60. The van der Waals surface area contributed by atoms with E-state index in [-0.39, 0.29) is 6.04 Å². The summed E-state index contributed by atoms with van der Waals surface area (Å²) >= 11 is 3.47. The highest BCUT2D eigenvalue weighted by Crippen LogP contribution is 2.28. The second kappa shape index (κ2) is 7.11. The molecule has 0 heterocycles. The monoisotopic (exact) mass is 300 g/mol. The molecular formula is C13H21BrN2O. The highest BCUT2D eigenvalue weighted by atomic mass is 79.9. The summed E-state index contributed by atoms with van der Waals surface area (Å²) in [4.78, 5) is 0. The van der Waals surface area contributed by atoms with E-state index in [4.69, 9.17) is 10.6 Å². The van der Waals surface area contributed by atoms with Crippen LogP contribution >= 0.6 is 15.9 Å². The third-order valence-electron chi connectivity index (χ3n) is 3.09. The molecule has 1 aromatic carbocycles. The number of aryl methyl sites for hydroxylation is 1. The molecule has 1 rings (SSSR count). The van der Waals surface area contributed by atoms with Crippen LogP contribution in [0.25, 0.3) is 0 Å². The van der Waals surface area contributed by atoms with E-state index in [0.29, 0.717) is 5.92 Å². The van der Waals surface area contributed by atoms with Gasteiger partial charge in [0.05, 0.1) is 0 Å². The SMILES string of the molecule is COCCC(C)C(NN)c1ccc(Br)cc1C. The predicted molar refractivity (Wildman–Crippen MR) is 74.6 cm³/mol. The zero-order chi connectivity index (χ0) is 12.8. The number of halogens is 1. The number of rotatable bonds is 6. The lowest BCUT2D eigenvalue weighted by Crippen LogP contribution is -2.33. The molecule has 3 N–H and O–H groups in total. The first-order chi connectivity index (χ1) is 8.10. The van der Waals surface area contributed by atoms with Gasteiger partial charge in [-0.25, -0.2) is 0 Å². The van der Waals surface area contributed by atoms with Crippen molar-refractivity contribution >= 4 is 15.9 Å². The molecule has 0 amide bonds. The van der Waals surface area contributed by atoms with Crippen molar-refractivity contribution in [2.75, 3.05) is 13.7 Å². The number of benzene rings is 1. The number of hydrazine groups is 1. The molecule has 0 saturated heterocycles. The van der Waals surface area contributed by atoms with Crippen molar-refractivity contribution in [2.45, 2.75) is 26.3 Å². The lowest BCUT2D eigenvalue weighted by atomic mass is 9.90. The van der Waals surface area contributed by atoms with E-state index in [1.54, 1.807) is 7.11 Å². The second-order valence-corrected chi connectivity index (χ2v) is 5.32. The Labute approximate surface area is 112 Å². The van der Waals surface area contributed by atoms with Crippen LogP contribution in [-0.2, 0) is 4.74 Å². The minimum Gasteiger partial charge on any atom is -0.385 e. The molecule has 0 fully saturated rings. The smallest absolute Gasteiger partial charge is 0.0488 e. The zero-order valence-corrected chi connectivity index (χ0v) is 12.3. The van der Waals surface area contributed by atoms with Gasteiger partial charge in [0.25, 0.3) is 0 Å². The van der Waals surface area contributed by atoms with Crippen LogP contribution in [0.15, 0.2) is 22.7 Å². The first-order valence-electron chi connectivity index (χ1n) is 5.81. The lowest BCUT2D eigenvalue weighted by molar-refractivity contribution is 0.170. The Bertz CT molecular complexity index is 357. The molecule has 1 aromatic rings. The topological polar surface area (TPSA) is 47.3 Å². The third kappa shape index (κ3) is 4.07. The number of nitrogens with one attached hydrogen (secondary N) is 1. The fraction of sp³-hybridized carbons (Fsp3) is 0.538. The van der Waals surface area contributed by atoms with E-state index in [1.165, 1.54) is 11.1 Å². The van der Waals surface area contributed by atoms with Gasteiger partial charge >= 0.3 is 0 Å². The number of nitrogens with two attached hydrogens (primary N) is 1. The van der Waals surface area contributed by atoms with E-state index in [9.17, 15) is 0 Å².